The summed E-state index contributed by atoms with van der Waals surface area (Å²) >= 11 is 6.14. The van der Waals surface area contributed by atoms with E-state index >= 15 is 0 Å². The number of carbonyl (C=O) groups is 1. The summed E-state index contributed by atoms with van der Waals surface area (Å²) in [5.41, 5.74) is 1.97. The highest BCUT2D eigenvalue weighted by molar-refractivity contribution is 6.32. The minimum atomic E-state index is -0.155. The number of carbonyl (C=O) groups excluding carboxylic acids is 1. The van der Waals surface area contributed by atoms with Gasteiger partial charge in [0.1, 0.15) is 5.75 Å². The first-order valence-corrected chi connectivity index (χ1v) is 8.82. The maximum Gasteiger partial charge on any atom is 0.244 e. The average Bonchev–Trinajstić information content (AvgIpc) is 3.14. The number of ether oxygens (including phenoxy) is 3. The molecule has 0 bridgehead atoms. The average molecular weight is 372 g/mol. The van der Waals surface area contributed by atoms with Crippen molar-refractivity contribution in [3.63, 3.8) is 0 Å². The SMILES string of the molecule is O=C(/C=C/c1cc(Cl)c2c(c1)OCO2)NCC1COc2ccccc2C1. The highest BCUT2D eigenvalue weighted by atomic mass is 35.5. The Morgan fingerprint density at radius 1 is 1.19 bits per heavy atom. The van der Waals surface area contributed by atoms with Gasteiger partial charge in [-0.15, -0.1) is 0 Å². The monoisotopic (exact) mass is 371 g/mol. The van der Waals surface area contributed by atoms with Crippen molar-refractivity contribution in [1.29, 1.82) is 0 Å². The third kappa shape index (κ3) is 3.63. The predicted molar refractivity (Wildman–Crippen MR) is 98.7 cm³/mol. The van der Waals surface area contributed by atoms with Crippen LogP contribution in [0, 0.1) is 5.92 Å². The zero-order valence-corrected chi connectivity index (χ0v) is 14.8. The van der Waals surface area contributed by atoms with Crippen LogP contribution in [0.15, 0.2) is 42.5 Å². The Bertz CT molecular complexity index is 865. The largest absolute Gasteiger partial charge is 0.493 e. The van der Waals surface area contributed by atoms with Gasteiger partial charge in [-0.2, -0.15) is 0 Å². The van der Waals surface area contributed by atoms with Gasteiger partial charge < -0.3 is 19.5 Å². The molecule has 6 heteroatoms. The van der Waals surface area contributed by atoms with Gasteiger partial charge in [0.05, 0.1) is 11.6 Å². The highest BCUT2D eigenvalue weighted by Gasteiger charge is 2.20. The molecule has 5 nitrogen and oxygen atoms in total. The van der Waals surface area contributed by atoms with Crippen molar-refractivity contribution in [3.05, 3.63) is 58.6 Å². The Balaban J connectivity index is 1.32. The summed E-state index contributed by atoms with van der Waals surface area (Å²) in [4.78, 5) is 12.1. The summed E-state index contributed by atoms with van der Waals surface area (Å²) in [5, 5.41) is 3.40. The quantitative estimate of drug-likeness (QED) is 0.836. The molecule has 2 aliphatic rings. The van der Waals surface area contributed by atoms with Gasteiger partial charge in [-0.05, 0) is 41.8 Å². The zero-order valence-electron chi connectivity index (χ0n) is 14.0. The molecule has 2 heterocycles. The molecule has 2 aliphatic heterocycles. The molecule has 134 valence electrons. The number of rotatable bonds is 4. The van der Waals surface area contributed by atoms with Gasteiger partial charge in [0.2, 0.25) is 12.7 Å². The third-order valence-corrected chi connectivity index (χ3v) is 4.68. The van der Waals surface area contributed by atoms with E-state index in [2.05, 4.69) is 11.4 Å². The molecule has 2 aromatic carbocycles. The molecular weight excluding hydrogens is 354 g/mol. The fraction of sp³-hybridized carbons (Fsp3) is 0.250. The van der Waals surface area contributed by atoms with E-state index in [0.717, 1.165) is 17.7 Å². The van der Waals surface area contributed by atoms with Crippen LogP contribution in [0.1, 0.15) is 11.1 Å². The molecule has 1 unspecified atom stereocenters. The van der Waals surface area contributed by atoms with Gasteiger partial charge in [0.25, 0.3) is 0 Å². The Kier molecular flexibility index (Phi) is 4.71. The lowest BCUT2D eigenvalue weighted by Gasteiger charge is -2.25. The molecule has 0 spiro atoms. The third-order valence-electron chi connectivity index (χ3n) is 4.40. The zero-order chi connectivity index (χ0) is 17.9. The van der Waals surface area contributed by atoms with Gasteiger partial charge in [-0.3, -0.25) is 4.79 Å². The second-order valence-electron chi connectivity index (χ2n) is 6.30. The molecule has 4 rings (SSSR count). The maximum absolute atomic E-state index is 12.1. The fourth-order valence-electron chi connectivity index (χ4n) is 3.08. The summed E-state index contributed by atoms with van der Waals surface area (Å²) in [5.74, 6) is 2.19. The van der Waals surface area contributed by atoms with Crippen LogP contribution in [0.2, 0.25) is 5.02 Å². The number of nitrogens with one attached hydrogen (secondary N) is 1. The summed E-state index contributed by atoms with van der Waals surface area (Å²) < 4.78 is 16.3. The normalized spacial score (nSPS) is 17.7. The first-order chi connectivity index (χ1) is 12.7. The molecule has 1 amide bonds. The second kappa shape index (κ2) is 7.30. The molecule has 1 N–H and O–H groups in total. The van der Waals surface area contributed by atoms with Crippen LogP contribution in [-0.2, 0) is 11.2 Å². The topological polar surface area (TPSA) is 56.8 Å². The molecule has 2 aromatic rings. The second-order valence-corrected chi connectivity index (χ2v) is 6.71. The van der Waals surface area contributed by atoms with E-state index in [0.29, 0.717) is 29.7 Å². The number of benzene rings is 2. The smallest absolute Gasteiger partial charge is 0.244 e. The summed E-state index contributed by atoms with van der Waals surface area (Å²) in [6.07, 6.45) is 4.10. The van der Waals surface area contributed by atoms with Crippen molar-refractivity contribution >= 4 is 23.6 Å². The van der Waals surface area contributed by atoms with Crippen molar-refractivity contribution in [1.82, 2.24) is 5.32 Å². The van der Waals surface area contributed by atoms with Crippen molar-refractivity contribution in [3.8, 4) is 17.2 Å². The molecule has 26 heavy (non-hydrogen) atoms. The molecule has 0 aromatic heterocycles. The Morgan fingerprint density at radius 3 is 3.00 bits per heavy atom. The van der Waals surface area contributed by atoms with Gasteiger partial charge in [0.15, 0.2) is 11.5 Å². The van der Waals surface area contributed by atoms with Crippen molar-refractivity contribution in [2.45, 2.75) is 6.42 Å². The fourth-order valence-corrected chi connectivity index (χ4v) is 3.35. The Hall–Kier alpha value is -2.66. The van der Waals surface area contributed by atoms with Crippen LogP contribution in [0.3, 0.4) is 0 Å². The van der Waals surface area contributed by atoms with Crippen LogP contribution in [-0.4, -0.2) is 25.9 Å². The Morgan fingerprint density at radius 2 is 2.08 bits per heavy atom. The number of hydrogen-bond donors (Lipinski definition) is 1. The van der Waals surface area contributed by atoms with Crippen molar-refractivity contribution < 1.29 is 19.0 Å². The van der Waals surface area contributed by atoms with E-state index < -0.39 is 0 Å². The van der Waals surface area contributed by atoms with E-state index in [1.165, 1.54) is 11.6 Å². The standard InChI is InChI=1S/C20H18ClNO4/c21-16-8-13(9-18-20(16)26-12-25-18)5-6-19(23)22-10-14-7-15-3-1-2-4-17(15)24-11-14/h1-6,8-9,14H,7,10-12H2,(H,22,23)/b6-5+. The molecule has 0 saturated carbocycles. The van der Waals surface area contributed by atoms with E-state index in [1.807, 2.05) is 18.2 Å². The molecule has 0 saturated heterocycles. The van der Waals surface area contributed by atoms with Gasteiger partial charge >= 0.3 is 0 Å². The van der Waals surface area contributed by atoms with E-state index in [4.69, 9.17) is 25.8 Å². The summed E-state index contributed by atoms with van der Waals surface area (Å²) in [7, 11) is 0. The molecule has 0 fully saturated rings. The number of amides is 1. The Labute approximate surface area is 156 Å². The summed E-state index contributed by atoms with van der Waals surface area (Å²) in [6, 6.07) is 11.5. The van der Waals surface area contributed by atoms with Gasteiger partial charge in [0, 0.05) is 18.5 Å². The van der Waals surface area contributed by atoms with Crippen LogP contribution < -0.4 is 19.5 Å². The van der Waals surface area contributed by atoms with Crippen LogP contribution in [0.25, 0.3) is 6.08 Å². The van der Waals surface area contributed by atoms with E-state index in [9.17, 15) is 4.79 Å². The number of hydrogen-bond acceptors (Lipinski definition) is 4. The predicted octanol–water partition coefficient (Wildman–Crippen LogP) is 3.45. The van der Waals surface area contributed by atoms with Crippen molar-refractivity contribution in [2.24, 2.45) is 5.92 Å². The van der Waals surface area contributed by atoms with Gasteiger partial charge in [-0.25, -0.2) is 0 Å². The molecule has 0 radical (unpaired) electrons. The lowest BCUT2D eigenvalue weighted by Crippen LogP contribution is -2.33. The minimum Gasteiger partial charge on any atom is -0.493 e. The summed E-state index contributed by atoms with van der Waals surface area (Å²) in [6.45, 7) is 1.34. The van der Waals surface area contributed by atoms with Crippen LogP contribution in [0.4, 0.5) is 0 Å². The number of para-hydroxylation sites is 1. The van der Waals surface area contributed by atoms with Gasteiger partial charge in [-0.1, -0.05) is 29.8 Å². The molecule has 0 aliphatic carbocycles. The van der Waals surface area contributed by atoms with Crippen molar-refractivity contribution in [2.75, 3.05) is 19.9 Å². The lowest BCUT2D eigenvalue weighted by molar-refractivity contribution is -0.116. The first-order valence-electron chi connectivity index (χ1n) is 8.45. The van der Waals surface area contributed by atoms with E-state index in [1.54, 1.807) is 18.2 Å². The molecule has 1 atom stereocenters. The number of fused-ring (bicyclic) bond motifs is 2. The van der Waals surface area contributed by atoms with Crippen LogP contribution >= 0.6 is 11.6 Å². The number of halogens is 1. The minimum absolute atomic E-state index is 0.155. The highest BCUT2D eigenvalue weighted by Crippen LogP contribution is 2.40. The first kappa shape index (κ1) is 16.8. The van der Waals surface area contributed by atoms with Crippen LogP contribution in [0.5, 0.6) is 17.2 Å². The van der Waals surface area contributed by atoms with E-state index in [-0.39, 0.29) is 18.6 Å². The lowest BCUT2D eigenvalue weighted by atomic mass is 9.97. The molecular formula is C20H18ClNO4. The maximum atomic E-state index is 12.1.